The lowest BCUT2D eigenvalue weighted by Gasteiger charge is -2.30. The molecule has 1 N–H and O–H groups in total. The smallest absolute Gasteiger partial charge is 0.288 e. The Morgan fingerprint density at radius 3 is 2.74 bits per heavy atom. The van der Waals surface area contributed by atoms with Crippen molar-refractivity contribution in [2.45, 2.75) is 26.4 Å². The molecule has 3 heterocycles. The Labute approximate surface area is 185 Å². The number of hydrogen-bond acceptors (Lipinski definition) is 7. The SMILES string of the molecule is COc1ccccc1-c1nn(CN2CCC(C(=O)Nc3ccc(C)cn3)CC2)c(=S)o1. The average Bonchev–Trinajstić information content (AvgIpc) is 3.15. The molecule has 0 bridgehead atoms. The third-order valence-corrected chi connectivity index (χ3v) is 5.69. The van der Waals surface area contributed by atoms with Gasteiger partial charge in [-0.3, -0.25) is 9.69 Å². The zero-order chi connectivity index (χ0) is 21.8. The van der Waals surface area contributed by atoms with E-state index in [9.17, 15) is 4.79 Å². The van der Waals surface area contributed by atoms with Crippen molar-refractivity contribution in [2.24, 2.45) is 5.92 Å². The summed E-state index contributed by atoms with van der Waals surface area (Å²) in [5.41, 5.74) is 1.82. The van der Waals surface area contributed by atoms with Gasteiger partial charge < -0.3 is 14.5 Å². The van der Waals surface area contributed by atoms with Crippen molar-refractivity contribution in [3.8, 4) is 17.2 Å². The van der Waals surface area contributed by atoms with E-state index in [1.54, 1.807) is 18.0 Å². The van der Waals surface area contributed by atoms with E-state index in [0.29, 0.717) is 29.0 Å². The summed E-state index contributed by atoms with van der Waals surface area (Å²) in [4.78, 5) is 19.3. The predicted octanol–water partition coefficient (Wildman–Crippen LogP) is 3.89. The number of rotatable bonds is 6. The van der Waals surface area contributed by atoms with E-state index in [1.807, 2.05) is 43.3 Å². The number of aromatic nitrogens is 3. The molecule has 0 atom stereocenters. The van der Waals surface area contributed by atoms with Crippen molar-refractivity contribution >= 4 is 23.9 Å². The molecule has 3 aromatic rings. The van der Waals surface area contributed by atoms with E-state index in [0.717, 1.165) is 37.1 Å². The molecular formula is C22H25N5O3S. The van der Waals surface area contributed by atoms with Gasteiger partial charge in [-0.25, -0.2) is 9.67 Å². The van der Waals surface area contributed by atoms with Gasteiger partial charge in [0.1, 0.15) is 11.6 Å². The first-order chi connectivity index (χ1) is 15.0. The summed E-state index contributed by atoms with van der Waals surface area (Å²) < 4.78 is 12.8. The summed E-state index contributed by atoms with van der Waals surface area (Å²) in [6, 6.07) is 11.3. The molecule has 1 aliphatic rings. The number of methoxy groups -OCH3 is 1. The number of nitrogens with one attached hydrogen (secondary N) is 1. The fourth-order valence-electron chi connectivity index (χ4n) is 3.62. The van der Waals surface area contributed by atoms with Crippen molar-refractivity contribution in [1.29, 1.82) is 0 Å². The van der Waals surface area contributed by atoms with E-state index in [4.69, 9.17) is 21.4 Å². The van der Waals surface area contributed by atoms with Crippen LogP contribution in [0.5, 0.6) is 5.75 Å². The summed E-state index contributed by atoms with van der Waals surface area (Å²) in [5, 5.41) is 7.45. The fourth-order valence-corrected chi connectivity index (χ4v) is 3.80. The van der Waals surface area contributed by atoms with Crippen LogP contribution in [-0.2, 0) is 11.5 Å². The first-order valence-corrected chi connectivity index (χ1v) is 10.6. The van der Waals surface area contributed by atoms with Gasteiger partial charge in [-0.1, -0.05) is 18.2 Å². The van der Waals surface area contributed by atoms with E-state index < -0.39 is 0 Å². The summed E-state index contributed by atoms with van der Waals surface area (Å²) in [5.74, 6) is 1.69. The highest BCUT2D eigenvalue weighted by atomic mass is 32.1. The van der Waals surface area contributed by atoms with Crippen molar-refractivity contribution < 1.29 is 13.9 Å². The Bertz CT molecular complexity index is 1100. The molecule has 162 valence electrons. The van der Waals surface area contributed by atoms with E-state index >= 15 is 0 Å². The van der Waals surface area contributed by atoms with Crippen molar-refractivity contribution in [2.75, 3.05) is 25.5 Å². The number of pyridine rings is 1. The maximum absolute atomic E-state index is 12.6. The number of carbonyl (C=O) groups excluding carboxylic acids is 1. The maximum atomic E-state index is 12.6. The number of piperidine rings is 1. The number of nitrogens with zero attached hydrogens (tertiary/aromatic N) is 4. The monoisotopic (exact) mass is 439 g/mol. The lowest BCUT2D eigenvalue weighted by atomic mass is 9.96. The summed E-state index contributed by atoms with van der Waals surface area (Å²) in [7, 11) is 1.61. The van der Waals surface area contributed by atoms with Crippen LogP contribution in [0.15, 0.2) is 47.0 Å². The van der Waals surface area contributed by atoms with Gasteiger partial charge in [-0.2, -0.15) is 0 Å². The van der Waals surface area contributed by atoms with Gasteiger partial charge in [0.2, 0.25) is 5.91 Å². The highest BCUT2D eigenvalue weighted by Crippen LogP contribution is 2.28. The lowest BCUT2D eigenvalue weighted by molar-refractivity contribution is -0.121. The molecule has 1 aromatic carbocycles. The normalized spacial score (nSPS) is 15.0. The first-order valence-electron chi connectivity index (χ1n) is 10.2. The number of anilines is 1. The minimum absolute atomic E-state index is 0.0208. The summed E-state index contributed by atoms with van der Waals surface area (Å²) in [6.07, 6.45) is 3.28. The Morgan fingerprint density at radius 1 is 1.26 bits per heavy atom. The van der Waals surface area contributed by atoms with Crippen molar-refractivity contribution in [3.05, 3.63) is 53.0 Å². The third-order valence-electron chi connectivity index (χ3n) is 5.40. The Morgan fingerprint density at radius 2 is 2.03 bits per heavy atom. The van der Waals surface area contributed by atoms with Crippen LogP contribution in [-0.4, -0.2) is 45.8 Å². The minimum Gasteiger partial charge on any atom is -0.496 e. The molecule has 1 amide bonds. The fraction of sp³-hybridized carbons (Fsp3) is 0.364. The molecule has 4 rings (SSSR count). The number of para-hydroxylation sites is 1. The van der Waals surface area contributed by atoms with Gasteiger partial charge in [0.15, 0.2) is 0 Å². The first kappa shape index (κ1) is 21.2. The van der Waals surface area contributed by atoms with Gasteiger partial charge in [0.25, 0.3) is 10.7 Å². The molecule has 9 heteroatoms. The van der Waals surface area contributed by atoms with Crippen LogP contribution in [0.25, 0.3) is 11.5 Å². The Balaban J connectivity index is 1.35. The molecule has 2 aromatic heterocycles. The summed E-state index contributed by atoms with van der Waals surface area (Å²) in [6.45, 7) is 4.04. The zero-order valence-electron chi connectivity index (χ0n) is 17.6. The molecule has 0 radical (unpaired) electrons. The molecule has 0 aliphatic carbocycles. The molecular weight excluding hydrogens is 414 g/mol. The van der Waals surface area contributed by atoms with Crippen molar-refractivity contribution in [1.82, 2.24) is 19.7 Å². The second kappa shape index (κ2) is 9.40. The molecule has 31 heavy (non-hydrogen) atoms. The summed E-state index contributed by atoms with van der Waals surface area (Å²) >= 11 is 5.36. The second-order valence-corrected chi connectivity index (χ2v) is 7.97. The Hall–Kier alpha value is -3.04. The number of hydrogen-bond donors (Lipinski definition) is 1. The van der Waals surface area contributed by atoms with Crippen LogP contribution in [0.3, 0.4) is 0 Å². The van der Waals surface area contributed by atoms with E-state index in [2.05, 4.69) is 20.3 Å². The molecule has 0 unspecified atom stereocenters. The number of aryl methyl sites for hydroxylation is 1. The standard InChI is InChI=1S/C22H25N5O3S/c1-15-7-8-19(23-13-15)24-20(28)16-9-11-26(12-10-16)14-27-22(31)30-21(25-27)17-5-3-4-6-18(17)29-2/h3-8,13,16H,9-12,14H2,1-2H3,(H,23,24,28). The number of amides is 1. The maximum Gasteiger partial charge on any atom is 0.288 e. The van der Waals surface area contributed by atoms with Crippen LogP contribution in [0, 0.1) is 17.7 Å². The number of ether oxygens (including phenoxy) is 1. The number of likely N-dealkylation sites (tertiary alicyclic amines) is 1. The number of benzene rings is 1. The minimum atomic E-state index is -0.0335. The van der Waals surface area contributed by atoms with E-state index in [-0.39, 0.29) is 11.8 Å². The van der Waals surface area contributed by atoms with Gasteiger partial charge in [0, 0.05) is 25.2 Å². The van der Waals surface area contributed by atoms with Crippen LogP contribution in [0.2, 0.25) is 0 Å². The van der Waals surface area contributed by atoms with Gasteiger partial charge in [0.05, 0.1) is 19.3 Å². The van der Waals surface area contributed by atoms with Gasteiger partial charge in [-0.05, 0) is 55.7 Å². The lowest BCUT2D eigenvalue weighted by Crippen LogP contribution is -2.39. The largest absolute Gasteiger partial charge is 0.496 e. The van der Waals surface area contributed by atoms with E-state index in [1.165, 1.54) is 0 Å². The Kier molecular flexibility index (Phi) is 6.43. The van der Waals surface area contributed by atoms with Crippen LogP contribution in [0.4, 0.5) is 5.82 Å². The van der Waals surface area contributed by atoms with Crippen molar-refractivity contribution in [3.63, 3.8) is 0 Å². The number of carbonyl (C=O) groups is 1. The quantitative estimate of drug-likeness (QED) is 0.583. The third kappa shape index (κ3) is 5.00. The topological polar surface area (TPSA) is 85.4 Å². The van der Waals surface area contributed by atoms with Gasteiger partial charge in [-0.15, -0.1) is 5.10 Å². The van der Waals surface area contributed by atoms with Crippen LogP contribution in [0.1, 0.15) is 18.4 Å². The molecule has 0 saturated carbocycles. The molecule has 1 aliphatic heterocycles. The van der Waals surface area contributed by atoms with Gasteiger partial charge >= 0.3 is 0 Å². The second-order valence-electron chi connectivity index (χ2n) is 7.62. The molecule has 8 nitrogen and oxygen atoms in total. The molecule has 1 fully saturated rings. The van der Waals surface area contributed by atoms with Crippen LogP contribution < -0.4 is 10.1 Å². The van der Waals surface area contributed by atoms with Crippen LogP contribution >= 0.6 is 12.2 Å². The predicted molar refractivity (Wildman–Crippen MR) is 119 cm³/mol. The zero-order valence-corrected chi connectivity index (χ0v) is 18.4. The molecule has 0 spiro atoms. The highest BCUT2D eigenvalue weighted by molar-refractivity contribution is 7.71. The molecule has 1 saturated heterocycles. The average molecular weight is 440 g/mol. The highest BCUT2D eigenvalue weighted by Gasteiger charge is 2.26.